The van der Waals surface area contributed by atoms with E-state index in [1.54, 1.807) is 6.07 Å². The zero-order valence-electron chi connectivity index (χ0n) is 27.5. The van der Waals surface area contributed by atoms with Crippen LogP contribution in [-0.2, 0) is 51.0 Å². The molecule has 3 atom stereocenters. The summed E-state index contributed by atoms with van der Waals surface area (Å²) in [6.45, 7) is 8.94. The Morgan fingerprint density at radius 2 is 1.47 bits per heavy atom. The van der Waals surface area contributed by atoms with E-state index in [4.69, 9.17) is 38.7 Å². The molecule has 0 bridgehead atoms. The van der Waals surface area contributed by atoms with Crippen molar-refractivity contribution in [3.05, 3.63) is 64.2 Å². The number of esters is 2. The van der Waals surface area contributed by atoms with Crippen LogP contribution < -0.4 is 0 Å². The van der Waals surface area contributed by atoms with Crippen LogP contribution in [0.5, 0.6) is 5.75 Å². The Balaban J connectivity index is 0.00000127. The van der Waals surface area contributed by atoms with Crippen molar-refractivity contribution in [3.63, 3.8) is 0 Å². The first-order chi connectivity index (χ1) is 21.7. The topological polar surface area (TPSA) is 190 Å². The summed E-state index contributed by atoms with van der Waals surface area (Å²) in [6, 6.07) is 13.6. The molecule has 0 aromatic heterocycles. The van der Waals surface area contributed by atoms with E-state index in [1.165, 1.54) is 38.3 Å². The molecule has 4 rings (SSSR count). The van der Waals surface area contributed by atoms with Crippen molar-refractivity contribution < 1.29 is 53.4 Å². The van der Waals surface area contributed by atoms with Gasteiger partial charge in [0, 0.05) is 59.3 Å². The van der Waals surface area contributed by atoms with Gasteiger partial charge in [-0.2, -0.15) is 5.26 Å². The molecule has 0 aliphatic carbocycles. The number of carboxylic acid groups (broad SMARTS) is 2. The van der Waals surface area contributed by atoms with Gasteiger partial charge < -0.3 is 34.3 Å². The summed E-state index contributed by atoms with van der Waals surface area (Å²) >= 11 is 0. The molecule has 3 N–H and O–H groups in total. The number of rotatable bonds is 7. The van der Waals surface area contributed by atoms with Crippen LogP contribution in [0.4, 0.5) is 0 Å². The van der Waals surface area contributed by atoms with E-state index in [-0.39, 0.29) is 36.3 Å². The standard InChI is InChI=1S/C26H29NO6.C4H8O.2C2H4O2.HI/c1-4-18-5-7-19(8-6-18)9-20-10-24(25(30)11-21(20)14-27)26-13-22(32-17(3)29)12-23(33-26)15-31-16(2)28;1-2-4-5-3-1;2*1-2(3)4;/h5-8,10-11,22-23,26,30H,4,9,12-13,15H2,1-3H3;1-4H2;2*1H3,(H,3,4);1H/t22-,23-,26+;;;;/m0..../s1. The van der Waals surface area contributed by atoms with E-state index < -0.39 is 42.2 Å². The Morgan fingerprint density at radius 1 is 0.915 bits per heavy atom. The number of hydrogen-bond donors (Lipinski definition) is 3. The number of phenolic OH excluding ortho intramolecular Hbond substituents is 1. The number of hydrogen-bond acceptors (Lipinski definition) is 10. The fraction of sp³-hybridized carbons (Fsp3) is 0.500. The van der Waals surface area contributed by atoms with Gasteiger partial charge in [0.1, 0.15) is 18.5 Å². The van der Waals surface area contributed by atoms with E-state index in [1.807, 2.05) is 12.1 Å². The molecule has 2 aliphatic heterocycles. The van der Waals surface area contributed by atoms with Crippen LogP contribution in [-0.4, -0.2) is 71.2 Å². The zero-order chi connectivity index (χ0) is 34.6. The molecule has 12 nitrogen and oxygen atoms in total. The Hall–Kier alpha value is -3.74. The summed E-state index contributed by atoms with van der Waals surface area (Å²) in [7, 11) is 0. The van der Waals surface area contributed by atoms with Gasteiger partial charge in [-0.3, -0.25) is 19.2 Å². The number of aliphatic carboxylic acids is 2. The summed E-state index contributed by atoms with van der Waals surface area (Å²) in [6.07, 6.45) is 3.25. The van der Waals surface area contributed by atoms with Crippen molar-refractivity contribution in [2.75, 3.05) is 19.8 Å². The van der Waals surface area contributed by atoms with Crippen molar-refractivity contribution in [2.45, 2.75) is 91.5 Å². The van der Waals surface area contributed by atoms with E-state index >= 15 is 0 Å². The lowest BCUT2D eigenvalue weighted by Gasteiger charge is -2.35. The van der Waals surface area contributed by atoms with Crippen molar-refractivity contribution in [3.8, 4) is 11.8 Å². The summed E-state index contributed by atoms with van der Waals surface area (Å²) in [5, 5.41) is 35.1. The first-order valence-electron chi connectivity index (χ1n) is 15.0. The quantitative estimate of drug-likeness (QED) is 0.229. The van der Waals surface area contributed by atoms with Gasteiger partial charge in [-0.15, -0.1) is 24.0 Å². The minimum absolute atomic E-state index is 0. The lowest BCUT2D eigenvalue weighted by molar-refractivity contribution is -0.169. The van der Waals surface area contributed by atoms with Crippen molar-refractivity contribution in [2.24, 2.45) is 0 Å². The summed E-state index contributed by atoms with van der Waals surface area (Å²) in [5.74, 6) is -2.56. The maximum Gasteiger partial charge on any atom is 0.302 e. The molecular formula is C34H46INO11. The molecule has 0 saturated carbocycles. The molecule has 2 saturated heterocycles. The third-order valence-corrected chi connectivity index (χ3v) is 6.54. The first kappa shape index (κ1) is 43.3. The molecule has 2 aromatic rings. The van der Waals surface area contributed by atoms with Crippen LogP contribution in [0.15, 0.2) is 36.4 Å². The fourth-order valence-corrected chi connectivity index (χ4v) is 4.60. The van der Waals surface area contributed by atoms with E-state index in [2.05, 4.69) is 25.1 Å². The number of ether oxygens (including phenoxy) is 4. The number of carbonyl (C=O) groups is 4. The molecule has 0 spiro atoms. The number of halogens is 1. The number of nitrogens with zero attached hydrogens (tertiary/aromatic N) is 1. The smallest absolute Gasteiger partial charge is 0.302 e. The number of carboxylic acids is 2. The molecule has 2 heterocycles. The van der Waals surface area contributed by atoms with E-state index in [0.29, 0.717) is 30.4 Å². The highest BCUT2D eigenvalue weighted by molar-refractivity contribution is 14.0. The monoisotopic (exact) mass is 771 g/mol. The van der Waals surface area contributed by atoms with Crippen molar-refractivity contribution in [1.82, 2.24) is 0 Å². The molecule has 2 aromatic carbocycles. The normalized spacial score (nSPS) is 17.7. The maximum absolute atomic E-state index is 11.5. The van der Waals surface area contributed by atoms with Gasteiger partial charge in [0.05, 0.1) is 23.8 Å². The second-order valence-corrected chi connectivity index (χ2v) is 10.6. The number of benzene rings is 2. The third kappa shape index (κ3) is 18.9. The van der Waals surface area contributed by atoms with Crippen LogP contribution in [0.1, 0.15) is 94.2 Å². The number of aromatic hydroxyl groups is 1. The van der Waals surface area contributed by atoms with Gasteiger partial charge >= 0.3 is 11.9 Å². The lowest BCUT2D eigenvalue weighted by Crippen LogP contribution is -2.37. The number of carbonyl (C=O) groups excluding carboxylic acids is 2. The molecule has 2 fully saturated rings. The molecule has 260 valence electrons. The number of nitriles is 1. The highest BCUT2D eigenvalue weighted by atomic mass is 127. The lowest BCUT2D eigenvalue weighted by atomic mass is 9.91. The Bertz CT molecular complexity index is 1290. The van der Waals surface area contributed by atoms with Gasteiger partial charge in [0.15, 0.2) is 0 Å². The maximum atomic E-state index is 11.5. The van der Waals surface area contributed by atoms with Gasteiger partial charge in [0.2, 0.25) is 0 Å². The van der Waals surface area contributed by atoms with Gasteiger partial charge in [-0.1, -0.05) is 31.2 Å². The third-order valence-electron chi connectivity index (χ3n) is 6.54. The van der Waals surface area contributed by atoms with Crippen molar-refractivity contribution in [1.29, 1.82) is 5.26 Å². The Morgan fingerprint density at radius 3 is 1.91 bits per heavy atom. The van der Waals surface area contributed by atoms with Gasteiger partial charge in [-0.05, 0) is 54.5 Å². The Kier molecular flexibility index (Phi) is 21.7. The van der Waals surface area contributed by atoms with Crippen LogP contribution in [0.25, 0.3) is 0 Å². The first-order valence-corrected chi connectivity index (χ1v) is 15.0. The average molecular weight is 772 g/mol. The minimum atomic E-state index is -0.833. The average Bonchev–Trinajstić information content (AvgIpc) is 3.57. The van der Waals surface area contributed by atoms with Crippen LogP contribution in [0.2, 0.25) is 0 Å². The molecule has 2 aliphatic rings. The van der Waals surface area contributed by atoms with Crippen LogP contribution >= 0.6 is 24.0 Å². The highest BCUT2D eigenvalue weighted by Crippen LogP contribution is 2.39. The van der Waals surface area contributed by atoms with E-state index in [9.17, 15) is 20.0 Å². The number of aryl methyl sites for hydroxylation is 1. The molecule has 0 radical (unpaired) electrons. The minimum Gasteiger partial charge on any atom is -0.508 e. The summed E-state index contributed by atoms with van der Waals surface area (Å²) in [4.78, 5) is 40.8. The molecule has 0 unspecified atom stereocenters. The second kappa shape index (κ2) is 23.6. The van der Waals surface area contributed by atoms with Crippen LogP contribution in [0.3, 0.4) is 0 Å². The Labute approximate surface area is 293 Å². The van der Waals surface area contributed by atoms with E-state index in [0.717, 1.165) is 44.6 Å². The predicted octanol–water partition coefficient (Wildman–Crippen LogP) is 5.73. The fourth-order valence-electron chi connectivity index (χ4n) is 4.60. The number of phenols is 1. The summed E-state index contributed by atoms with van der Waals surface area (Å²) in [5.41, 5.74) is 3.95. The molecule has 13 heteroatoms. The van der Waals surface area contributed by atoms with Crippen LogP contribution in [0, 0.1) is 11.3 Å². The van der Waals surface area contributed by atoms with Gasteiger partial charge in [0.25, 0.3) is 11.9 Å². The summed E-state index contributed by atoms with van der Waals surface area (Å²) < 4.78 is 21.6. The van der Waals surface area contributed by atoms with Crippen molar-refractivity contribution >= 4 is 47.9 Å². The van der Waals surface area contributed by atoms with Gasteiger partial charge in [-0.25, -0.2) is 0 Å². The molecule has 47 heavy (non-hydrogen) atoms. The largest absolute Gasteiger partial charge is 0.508 e. The second-order valence-electron chi connectivity index (χ2n) is 10.6. The molecular weight excluding hydrogens is 725 g/mol. The highest BCUT2D eigenvalue weighted by Gasteiger charge is 2.34. The zero-order valence-corrected chi connectivity index (χ0v) is 29.9. The molecule has 0 amide bonds. The predicted molar refractivity (Wildman–Crippen MR) is 183 cm³/mol. The SMILES string of the molecule is C1CCOC1.CC(=O)O.CC(=O)O.CCc1ccc(Cc2cc([C@H]3C[C@@H](OC(C)=O)C[C@@H](COC(C)=O)O3)c(O)cc2C#N)cc1.I.